The molecule has 1 aromatic rings. The molecule has 2 N–H and O–H groups in total. The molecule has 0 saturated carbocycles. The van der Waals surface area contributed by atoms with Crippen LogP contribution in [0.1, 0.15) is 45.3 Å². The first-order chi connectivity index (χ1) is 10.1. The van der Waals surface area contributed by atoms with E-state index in [4.69, 9.17) is 10.3 Å². The highest BCUT2D eigenvalue weighted by molar-refractivity contribution is 5.85. The summed E-state index contributed by atoms with van der Waals surface area (Å²) in [6.45, 7) is 8.44. The Kier molecular flexibility index (Phi) is 7.25. The van der Waals surface area contributed by atoms with Crippen LogP contribution in [0.2, 0.25) is 0 Å². The van der Waals surface area contributed by atoms with Gasteiger partial charge >= 0.3 is 0 Å². The SMILES string of the molecule is CCC1CN(C(C)=O)C(CC)CN1Cc1noc(CN)n1.Cl. The molecule has 0 bridgehead atoms. The first-order valence-electron chi connectivity index (χ1n) is 7.61. The normalized spacial score (nSPS) is 22.5. The lowest BCUT2D eigenvalue weighted by Gasteiger charge is -2.45. The molecule has 8 heteroatoms. The molecule has 2 rings (SSSR count). The fourth-order valence-corrected chi connectivity index (χ4v) is 2.94. The lowest BCUT2D eigenvalue weighted by atomic mass is 10.0. The highest BCUT2D eigenvalue weighted by Crippen LogP contribution is 2.21. The van der Waals surface area contributed by atoms with Crippen molar-refractivity contribution in [1.82, 2.24) is 19.9 Å². The van der Waals surface area contributed by atoms with Gasteiger partial charge in [-0.3, -0.25) is 9.69 Å². The van der Waals surface area contributed by atoms with Crippen LogP contribution >= 0.6 is 12.4 Å². The van der Waals surface area contributed by atoms with Crippen molar-refractivity contribution in [1.29, 1.82) is 0 Å². The molecule has 7 nitrogen and oxygen atoms in total. The molecule has 1 aromatic heterocycles. The average molecular weight is 332 g/mol. The van der Waals surface area contributed by atoms with E-state index < -0.39 is 0 Å². The summed E-state index contributed by atoms with van der Waals surface area (Å²) in [5.41, 5.74) is 5.49. The summed E-state index contributed by atoms with van der Waals surface area (Å²) in [5, 5.41) is 3.97. The minimum atomic E-state index is 0. The Hall–Kier alpha value is -1.18. The standard InChI is InChI=1S/C14H25N5O2.ClH/c1-4-11-8-19(10(3)20)12(5-2)7-18(11)9-13-16-14(6-15)21-17-13;/h11-12H,4-9,15H2,1-3H3;1H. The molecule has 0 aromatic carbocycles. The van der Waals surface area contributed by atoms with Crippen LogP contribution in [0.5, 0.6) is 0 Å². The van der Waals surface area contributed by atoms with Crippen LogP contribution in [0.15, 0.2) is 4.52 Å². The quantitative estimate of drug-likeness (QED) is 0.871. The summed E-state index contributed by atoms with van der Waals surface area (Å²) < 4.78 is 5.06. The summed E-state index contributed by atoms with van der Waals surface area (Å²) in [7, 11) is 0. The smallest absolute Gasteiger partial charge is 0.240 e. The minimum Gasteiger partial charge on any atom is -0.338 e. The van der Waals surface area contributed by atoms with Gasteiger partial charge in [0.1, 0.15) is 0 Å². The minimum absolute atomic E-state index is 0. The van der Waals surface area contributed by atoms with Gasteiger partial charge in [-0.15, -0.1) is 12.4 Å². The van der Waals surface area contributed by atoms with Crippen LogP contribution in [-0.4, -0.2) is 51.0 Å². The number of hydrogen-bond acceptors (Lipinski definition) is 6. The molecule has 0 radical (unpaired) electrons. The Bertz CT molecular complexity index is 482. The third-order valence-corrected chi connectivity index (χ3v) is 4.19. The van der Waals surface area contributed by atoms with Crippen molar-refractivity contribution in [2.24, 2.45) is 5.73 Å². The van der Waals surface area contributed by atoms with Crippen molar-refractivity contribution in [2.45, 2.75) is 58.8 Å². The maximum Gasteiger partial charge on any atom is 0.240 e. The van der Waals surface area contributed by atoms with Gasteiger partial charge in [-0.2, -0.15) is 4.98 Å². The van der Waals surface area contributed by atoms with Gasteiger partial charge in [-0.1, -0.05) is 19.0 Å². The summed E-state index contributed by atoms with van der Waals surface area (Å²) in [4.78, 5) is 20.4. The van der Waals surface area contributed by atoms with E-state index in [9.17, 15) is 4.79 Å². The molecule has 1 fully saturated rings. The van der Waals surface area contributed by atoms with E-state index in [1.54, 1.807) is 6.92 Å². The Morgan fingerprint density at radius 3 is 2.50 bits per heavy atom. The van der Waals surface area contributed by atoms with Crippen molar-refractivity contribution in [3.63, 3.8) is 0 Å². The van der Waals surface area contributed by atoms with Gasteiger partial charge in [0.05, 0.1) is 13.1 Å². The monoisotopic (exact) mass is 331 g/mol. The Morgan fingerprint density at radius 1 is 1.32 bits per heavy atom. The Morgan fingerprint density at radius 2 is 2.00 bits per heavy atom. The van der Waals surface area contributed by atoms with Crippen molar-refractivity contribution >= 4 is 18.3 Å². The third-order valence-electron chi connectivity index (χ3n) is 4.19. The second-order valence-electron chi connectivity index (χ2n) is 5.53. The second kappa shape index (κ2) is 8.45. The van der Waals surface area contributed by atoms with Gasteiger partial charge in [-0.25, -0.2) is 0 Å². The van der Waals surface area contributed by atoms with Crippen LogP contribution in [-0.2, 0) is 17.9 Å². The molecule has 2 unspecified atom stereocenters. The fraction of sp³-hybridized carbons (Fsp3) is 0.786. The topological polar surface area (TPSA) is 88.5 Å². The largest absolute Gasteiger partial charge is 0.338 e. The number of piperazine rings is 1. The number of nitrogens with two attached hydrogens (primary N) is 1. The molecule has 22 heavy (non-hydrogen) atoms. The number of hydrogen-bond donors (Lipinski definition) is 1. The molecule has 2 atom stereocenters. The molecule has 2 heterocycles. The van der Waals surface area contributed by atoms with Crippen LogP contribution in [0.25, 0.3) is 0 Å². The lowest BCUT2D eigenvalue weighted by molar-refractivity contribution is -0.136. The number of amides is 1. The lowest BCUT2D eigenvalue weighted by Crippen LogP contribution is -2.58. The molecule has 126 valence electrons. The molecule has 1 aliphatic heterocycles. The van der Waals surface area contributed by atoms with E-state index >= 15 is 0 Å². The number of nitrogens with zero attached hydrogens (tertiary/aromatic N) is 4. The zero-order valence-corrected chi connectivity index (χ0v) is 14.3. The molecule has 0 aliphatic carbocycles. The number of aromatic nitrogens is 2. The third kappa shape index (κ3) is 4.18. The fourth-order valence-electron chi connectivity index (χ4n) is 2.94. The Balaban J connectivity index is 0.00000242. The highest BCUT2D eigenvalue weighted by Gasteiger charge is 2.33. The van der Waals surface area contributed by atoms with Crippen LogP contribution in [0.3, 0.4) is 0 Å². The van der Waals surface area contributed by atoms with Gasteiger partial charge in [0, 0.05) is 32.1 Å². The molecule has 1 aliphatic rings. The molecular weight excluding hydrogens is 306 g/mol. The van der Waals surface area contributed by atoms with Crippen LogP contribution in [0.4, 0.5) is 0 Å². The first kappa shape index (κ1) is 18.9. The van der Waals surface area contributed by atoms with E-state index in [0.29, 0.717) is 24.3 Å². The van der Waals surface area contributed by atoms with Crippen LogP contribution < -0.4 is 5.73 Å². The Labute approximate surface area is 137 Å². The molecular formula is C14H26ClN5O2. The maximum absolute atomic E-state index is 11.8. The van der Waals surface area contributed by atoms with Gasteiger partial charge in [0.2, 0.25) is 11.8 Å². The number of carbonyl (C=O) groups is 1. The van der Waals surface area contributed by atoms with Crippen molar-refractivity contribution < 1.29 is 9.32 Å². The number of carbonyl (C=O) groups excluding carboxylic acids is 1. The van der Waals surface area contributed by atoms with E-state index in [2.05, 4.69) is 28.9 Å². The maximum atomic E-state index is 11.8. The molecule has 1 saturated heterocycles. The number of rotatable bonds is 5. The molecule has 0 spiro atoms. The van der Waals surface area contributed by atoms with Gasteiger partial charge < -0.3 is 15.2 Å². The summed E-state index contributed by atoms with van der Waals surface area (Å²) in [6, 6.07) is 0.586. The molecule has 1 amide bonds. The van der Waals surface area contributed by atoms with Crippen LogP contribution in [0, 0.1) is 0 Å². The predicted molar refractivity (Wildman–Crippen MR) is 85.4 cm³/mol. The van der Waals surface area contributed by atoms with Crippen molar-refractivity contribution in [3.8, 4) is 0 Å². The number of halogens is 1. The zero-order chi connectivity index (χ0) is 15.4. The van der Waals surface area contributed by atoms with Crippen molar-refractivity contribution in [3.05, 3.63) is 11.7 Å². The van der Waals surface area contributed by atoms with E-state index in [1.807, 2.05) is 4.90 Å². The average Bonchev–Trinajstić information content (AvgIpc) is 2.94. The highest BCUT2D eigenvalue weighted by atomic mass is 35.5. The van der Waals surface area contributed by atoms with E-state index in [1.165, 1.54) is 0 Å². The summed E-state index contributed by atoms with van der Waals surface area (Å²) in [6.07, 6.45) is 1.94. The van der Waals surface area contributed by atoms with Gasteiger partial charge in [0.15, 0.2) is 5.82 Å². The first-order valence-corrected chi connectivity index (χ1v) is 7.61. The second-order valence-corrected chi connectivity index (χ2v) is 5.53. The summed E-state index contributed by atoms with van der Waals surface area (Å²) in [5.74, 6) is 1.29. The zero-order valence-electron chi connectivity index (χ0n) is 13.5. The van der Waals surface area contributed by atoms with E-state index in [0.717, 1.165) is 25.9 Å². The predicted octanol–water partition coefficient (Wildman–Crippen LogP) is 1.17. The van der Waals surface area contributed by atoms with Crippen molar-refractivity contribution in [2.75, 3.05) is 13.1 Å². The van der Waals surface area contributed by atoms with Gasteiger partial charge in [-0.05, 0) is 12.8 Å². The van der Waals surface area contributed by atoms with Gasteiger partial charge in [0.25, 0.3) is 0 Å². The van der Waals surface area contributed by atoms with E-state index in [-0.39, 0.29) is 30.9 Å². The summed E-state index contributed by atoms with van der Waals surface area (Å²) >= 11 is 0.